The van der Waals surface area contributed by atoms with Crippen molar-refractivity contribution in [3.05, 3.63) is 192 Å². The molecule has 0 fully saturated rings. The minimum absolute atomic E-state index is 0.617. The van der Waals surface area contributed by atoms with Crippen molar-refractivity contribution < 1.29 is 0 Å². The molecule has 0 unspecified atom stereocenters. The van der Waals surface area contributed by atoms with Crippen molar-refractivity contribution in [3.63, 3.8) is 0 Å². The molecule has 2 aromatic heterocycles. The maximum Gasteiger partial charge on any atom is 0.311 e. The van der Waals surface area contributed by atoms with Crippen LogP contribution >= 0.6 is 0 Å². The summed E-state index contributed by atoms with van der Waals surface area (Å²) in [5, 5.41) is 0. The molecule has 0 aliphatic rings. The van der Waals surface area contributed by atoms with Gasteiger partial charge in [-0.2, -0.15) is 0 Å². The first-order valence-corrected chi connectivity index (χ1v) is 17.8. The first kappa shape index (κ1) is 32.4. The summed E-state index contributed by atoms with van der Waals surface area (Å²) in [5.74, 6) is 2.80. The third-order valence-corrected chi connectivity index (χ3v) is 9.47. The van der Waals surface area contributed by atoms with Crippen molar-refractivity contribution in [1.29, 1.82) is 0 Å². The fourth-order valence-electron chi connectivity index (χ4n) is 6.86. The lowest BCUT2D eigenvalue weighted by molar-refractivity contribution is 1.07. The van der Waals surface area contributed by atoms with E-state index in [4.69, 9.17) is 19.9 Å². The zero-order chi connectivity index (χ0) is 36.3. The van der Waals surface area contributed by atoms with Crippen molar-refractivity contribution in [2.75, 3.05) is 7.05 Å². The highest BCUT2D eigenvalue weighted by atomic mass is 15.1. The van der Waals surface area contributed by atoms with Gasteiger partial charge in [0.2, 0.25) is 0 Å². The number of imidazole rings is 1. The Morgan fingerprint density at radius 3 is 1.39 bits per heavy atom. The van der Waals surface area contributed by atoms with E-state index in [9.17, 15) is 0 Å². The Kier molecular flexibility index (Phi) is 8.56. The molecule has 0 radical (unpaired) electrons. The van der Waals surface area contributed by atoms with E-state index in [1.165, 1.54) is 0 Å². The van der Waals surface area contributed by atoms with Crippen LogP contribution in [-0.4, -0.2) is 31.6 Å². The zero-order valence-corrected chi connectivity index (χ0v) is 29.5. The summed E-state index contributed by atoms with van der Waals surface area (Å²) in [6, 6.07) is 65.3. The smallest absolute Gasteiger partial charge is 0.292 e. The fraction of sp³-hybridized carbons (Fsp3) is 0.0208. The maximum atomic E-state index is 5.01. The molecule has 0 aliphatic carbocycles. The second-order valence-corrected chi connectivity index (χ2v) is 12.9. The summed E-state index contributed by atoms with van der Waals surface area (Å²) in [7, 11) is 1.76. The van der Waals surface area contributed by atoms with Crippen LogP contribution < -0.4 is 0 Å². The summed E-state index contributed by atoms with van der Waals surface area (Å²) in [5.41, 5.74) is 12.0. The van der Waals surface area contributed by atoms with E-state index in [1.807, 2.05) is 84.9 Å². The van der Waals surface area contributed by atoms with Gasteiger partial charge in [-0.15, -0.1) is 0 Å². The molecular weight excluding hydrogens is 661 g/mol. The van der Waals surface area contributed by atoms with Gasteiger partial charge in [-0.3, -0.25) is 4.57 Å². The second kappa shape index (κ2) is 14.3. The summed E-state index contributed by atoms with van der Waals surface area (Å²) in [4.78, 5) is 24.0. The summed E-state index contributed by atoms with van der Waals surface area (Å²) >= 11 is 0. The highest BCUT2D eigenvalue weighted by molar-refractivity contribution is 5.85. The van der Waals surface area contributed by atoms with E-state index in [-0.39, 0.29) is 0 Å². The normalized spacial score (nSPS) is 10.9. The molecule has 0 N–H and O–H groups in total. The maximum absolute atomic E-state index is 5.01. The van der Waals surface area contributed by atoms with E-state index >= 15 is 0 Å². The number of rotatable bonds is 7. The van der Waals surface area contributed by atoms with Gasteiger partial charge in [0.1, 0.15) is 11.4 Å². The third kappa shape index (κ3) is 6.21. The lowest BCUT2D eigenvalue weighted by atomic mass is 9.92. The van der Waals surface area contributed by atoms with Crippen LogP contribution in [0.25, 0.3) is 89.4 Å². The average molecular weight is 694 g/mol. The van der Waals surface area contributed by atoms with E-state index in [0.717, 1.165) is 72.6 Å². The Balaban J connectivity index is 1.08. The lowest BCUT2D eigenvalue weighted by Crippen LogP contribution is -2.00. The number of benzene rings is 7. The Hall–Kier alpha value is -7.49. The fourth-order valence-corrected chi connectivity index (χ4v) is 6.86. The Bertz CT molecular complexity index is 2740. The number of nitrogens with zero attached hydrogens (tertiary/aromatic N) is 6. The van der Waals surface area contributed by atoms with Crippen LogP contribution in [0.3, 0.4) is 0 Å². The van der Waals surface area contributed by atoms with Crippen LogP contribution in [-0.2, 0) is 0 Å². The lowest BCUT2D eigenvalue weighted by Gasteiger charge is -2.13. The molecule has 0 amide bonds. The van der Waals surface area contributed by atoms with E-state index in [2.05, 4.69) is 113 Å². The molecular formula is C48H33N6+. The monoisotopic (exact) mass is 693 g/mol. The molecule has 254 valence electrons. The van der Waals surface area contributed by atoms with Gasteiger partial charge >= 0.3 is 6.07 Å². The number of para-hydroxylation sites is 2. The molecule has 2 heterocycles. The summed E-state index contributed by atoms with van der Waals surface area (Å²) in [6.07, 6.45) is 0. The van der Waals surface area contributed by atoms with Crippen LogP contribution in [0.2, 0.25) is 0 Å². The molecule has 7 aromatic carbocycles. The molecule has 0 saturated carbocycles. The molecule has 0 aliphatic heterocycles. The average Bonchev–Trinajstić information content (AvgIpc) is 3.65. The molecule has 0 atom stereocenters. The molecule has 0 bridgehead atoms. The first-order valence-electron chi connectivity index (χ1n) is 17.8. The standard InChI is InChI=1S/C48H33N6/c1-49-32-42-40(33-24-26-37(27-25-33)47-52-45(35-14-5-2-6-15-35)51-46(53-47)36-16-7-3-8-17-36)20-13-21-41(42)34-28-30-39(31-29-34)54-44-23-12-11-22-43(44)50-48(54)38-18-9-4-10-19-38/h2-31H,1H3/q+1. The van der Waals surface area contributed by atoms with Gasteiger partial charge in [-0.25, -0.2) is 19.9 Å². The number of hydrogen-bond acceptors (Lipinski definition) is 4. The number of hydrogen-bond donors (Lipinski definition) is 0. The summed E-state index contributed by atoms with van der Waals surface area (Å²) in [6.45, 7) is 0. The molecule has 6 heteroatoms. The summed E-state index contributed by atoms with van der Waals surface area (Å²) < 4.78 is 2.23. The Morgan fingerprint density at radius 2 is 0.852 bits per heavy atom. The van der Waals surface area contributed by atoms with Gasteiger partial charge in [0.25, 0.3) is 7.05 Å². The third-order valence-electron chi connectivity index (χ3n) is 9.47. The Morgan fingerprint density at radius 1 is 0.407 bits per heavy atom. The van der Waals surface area contributed by atoms with Crippen LogP contribution in [0, 0.1) is 6.07 Å². The van der Waals surface area contributed by atoms with Gasteiger partial charge in [-0.1, -0.05) is 163 Å². The first-order chi connectivity index (χ1) is 26.7. The molecule has 0 saturated heterocycles. The molecule has 0 spiro atoms. The van der Waals surface area contributed by atoms with Crippen LogP contribution in [0.4, 0.5) is 0 Å². The van der Waals surface area contributed by atoms with Gasteiger partial charge in [0.15, 0.2) is 17.5 Å². The minimum atomic E-state index is 0.617. The minimum Gasteiger partial charge on any atom is -0.292 e. The van der Waals surface area contributed by atoms with E-state index in [1.54, 1.807) is 7.05 Å². The number of aromatic nitrogens is 5. The second-order valence-electron chi connectivity index (χ2n) is 12.9. The van der Waals surface area contributed by atoms with Crippen molar-refractivity contribution in [2.45, 2.75) is 0 Å². The van der Waals surface area contributed by atoms with Gasteiger partial charge < -0.3 is 0 Å². The van der Waals surface area contributed by atoms with Crippen molar-refractivity contribution in [2.24, 2.45) is 0 Å². The van der Waals surface area contributed by atoms with Crippen LogP contribution in [0.1, 0.15) is 5.56 Å². The zero-order valence-electron chi connectivity index (χ0n) is 29.5. The molecule has 54 heavy (non-hydrogen) atoms. The van der Waals surface area contributed by atoms with Crippen molar-refractivity contribution in [1.82, 2.24) is 24.5 Å². The molecule has 6 nitrogen and oxygen atoms in total. The topological polar surface area (TPSA) is 60.9 Å². The molecule has 9 aromatic rings. The number of fused-ring (bicyclic) bond motifs is 1. The largest absolute Gasteiger partial charge is 0.311 e. The highest BCUT2D eigenvalue weighted by Crippen LogP contribution is 2.35. The van der Waals surface area contributed by atoms with Gasteiger partial charge in [0, 0.05) is 39.1 Å². The van der Waals surface area contributed by atoms with E-state index < -0.39 is 0 Å². The van der Waals surface area contributed by atoms with E-state index in [0.29, 0.717) is 17.5 Å². The van der Waals surface area contributed by atoms with Crippen LogP contribution in [0.15, 0.2) is 182 Å². The highest BCUT2D eigenvalue weighted by Gasteiger charge is 2.18. The van der Waals surface area contributed by atoms with Crippen molar-refractivity contribution in [3.8, 4) is 79.6 Å². The Labute approximate surface area is 313 Å². The van der Waals surface area contributed by atoms with Gasteiger partial charge in [0.05, 0.1) is 11.0 Å². The van der Waals surface area contributed by atoms with Crippen LogP contribution in [0.5, 0.6) is 0 Å². The molecule has 9 rings (SSSR count). The van der Waals surface area contributed by atoms with Gasteiger partial charge in [-0.05, 0) is 35.4 Å². The SMILES string of the molecule is C[N+]#Cc1c(-c2ccc(-c3nc(-c4ccccc4)nc(-c4ccccc4)n3)cc2)cccc1-c1ccc(-n2c(-c3ccccc3)nc3ccccc32)cc1. The predicted octanol–water partition coefficient (Wildman–Crippen LogP) is 11.5. The quantitative estimate of drug-likeness (QED) is 0.167. The predicted molar refractivity (Wildman–Crippen MR) is 219 cm³/mol. The van der Waals surface area contributed by atoms with Crippen molar-refractivity contribution >= 4 is 11.0 Å².